The molecule has 0 aliphatic heterocycles. The minimum absolute atomic E-state index is 0.0172. The molecule has 0 aromatic heterocycles. The van der Waals surface area contributed by atoms with Crippen molar-refractivity contribution >= 4 is 33.5 Å². The highest BCUT2D eigenvalue weighted by Gasteiger charge is 2.14. The summed E-state index contributed by atoms with van der Waals surface area (Å²) in [6.07, 6.45) is 7.92. The van der Waals surface area contributed by atoms with Crippen LogP contribution in [0.4, 0.5) is 0 Å². The summed E-state index contributed by atoms with van der Waals surface area (Å²) in [4.78, 5) is 15.8. The molecule has 0 N–H and O–H groups in total. The molecule has 0 radical (unpaired) electrons. The number of hydrogen-bond donors (Lipinski definition) is 0. The number of halogens is 1. The molecule has 3 nitrogen and oxygen atoms in total. The number of ketones is 1. The van der Waals surface area contributed by atoms with E-state index < -0.39 is 0 Å². The maximum atomic E-state index is 12.8. The van der Waals surface area contributed by atoms with E-state index in [0.717, 1.165) is 28.2 Å². The van der Waals surface area contributed by atoms with Crippen molar-refractivity contribution in [3.8, 4) is 5.75 Å². The Hall–Kier alpha value is -1.82. The van der Waals surface area contributed by atoms with Crippen LogP contribution < -0.4 is 4.74 Å². The predicted molar refractivity (Wildman–Crippen MR) is 118 cm³/mol. The number of carbonyl (C=O) groups excluding carboxylic acids is 1. The second kappa shape index (κ2) is 11.1. The molecule has 0 aliphatic carbocycles. The summed E-state index contributed by atoms with van der Waals surface area (Å²) < 4.78 is 6.75. The van der Waals surface area contributed by atoms with Crippen LogP contribution >= 0.6 is 27.7 Å². The van der Waals surface area contributed by atoms with Crippen LogP contribution in [-0.4, -0.2) is 43.7 Å². The Balaban J connectivity index is 2.01. The summed E-state index contributed by atoms with van der Waals surface area (Å²) in [5, 5.41) is 0. The van der Waals surface area contributed by atoms with Gasteiger partial charge in [0.25, 0.3) is 0 Å². The summed E-state index contributed by atoms with van der Waals surface area (Å²) in [6, 6.07) is 13.0. The fourth-order valence-corrected chi connectivity index (χ4v) is 3.35. The van der Waals surface area contributed by atoms with Gasteiger partial charge in [-0.25, -0.2) is 0 Å². The first-order chi connectivity index (χ1) is 13.0. The molecule has 0 saturated heterocycles. The number of hydrogen-bond acceptors (Lipinski definition) is 4. The molecule has 0 heterocycles. The van der Waals surface area contributed by atoms with E-state index in [1.807, 2.05) is 67.9 Å². The molecule has 0 bridgehead atoms. The highest BCUT2D eigenvalue weighted by Crippen LogP contribution is 2.28. The van der Waals surface area contributed by atoms with E-state index in [0.29, 0.717) is 17.7 Å². The lowest BCUT2D eigenvalue weighted by Gasteiger charge is -2.11. The minimum atomic E-state index is 0.0172. The lowest BCUT2D eigenvalue weighted by molar-refractivity contribution is 0.103. The second-order valence-corrected chi connectivity index (χ2v) is 7.75. The minimum Gasteiger partial charge on any atom is -0.490 e. The van der Waals surface area contributed by atoms with E-state index in [2.05, 4.69) is 33.5 Å². The second-order valence-electron chi connectivity index (χ2n) is 5.99. The van der Waals surface area contributed by atoms with Crippen molar-refractivity contribution in [3.63, 3.8) is 0 Å². The van der Waals surface area contributed by atoms with Gasteiger partial charge in [0.1, 0.15) is 12.4 Å². The van der Waals surface area contributed by atoms with Crippen molar-refractivity contribution in [1.29, 1.82) is 0 Å². The van der Waals surface area contributed by atoms with E-state index in [-0.39, 0.29) is 5.78 Å². The van der Waals surface area contributed by atoms with Crippen LogP contribution in [0.25, 0.3) is 0 Å². The van der Waals surface area contributed by atoms with Gasteiger partial charge in [-0.05, 0) is 55.8 Å². The van der Waals surface area contributed by atoms with Crippen molar-refractivity contribution < 1.29 is 9.53 Å². The molecular weight excluding hydrogens is 422 g/mol. The number of rotatable bonds is 10. The van der Waals surface area contributed by atoms with Gasteiger partial charge >= 0.3 is 0 Å². The Morgan fingerprint density at radius 1 is 1.19 bits per heavy atom. The zero-order chi connectivity index (χ0) is 19.6. The molecule has 0 saturated carbocycles. The van der Waals surface area contributed by atoms with E-state index >= 15 is 0 Å². The molecule has 0 atom stereocenters. The quantitative estimate of drug-likeness (QED) is 0.276. The van der Waals surface area contributed by atoms with E-state index in [9.17, 15) is 4.79 Å². The molecule has 0 spiro atoms. The summed E-state index contributed by atoms with van der Waals surface area (Å²) in [5.41, 5.74) is 1.37. The SMILES string of the molecule is C=CCN(C)C/C=C/COc1ccc(C(=O)c2ccc(Br)cc2)c(SC)c1. The van der Waals surface area contributed by atoms with Crippen LogP contribution in [0, 0.1) is 0 Å². The average Bonchev–Trinajstić information content (AvgIpc) is 2.68. The van der Waals surface area contributed by atoms with Crippen molar-refractivity contribution in [1.82, 2.24) is 4.90 Å². The first-order valence-electron chi connectivity index (χ1n) is 8.60. The molecule has 27 heavy (non-hydrogen) atoms. The molecule has 142 valence electrons. The Morgan fingerprint density at radius 2 is 1.93 bits per heavy atom. The standard InChI is InChI=1S/C22H24BrNO2S/c1-4-13-24(2)14-5-6-15-26-19-11-12-20(21(16-19)27-3)22(25)17-7-9-18(23)10-8-17/h4-12,16H,1,13-15H2,2-3H3/b6-5+. The van der Waals surface area contributed by atoms with Crippen LogP contribution in [0.1, 0.15) is 15.9 Å². The van der Waals surface area contributed by atoms with Crippen molar-refractivity contribution in [2.45, 2.75) is 4.90 Å². The topological polar surface area (TPSA) is 29.5 Å². The zero-order valence-corrected chi connectivity index (χ0v) is 18.1. The molecule has 5 heteroatoms. The van der Waals surface area contributed by atoms with Crippen LogP contribution in [0.5, 0.6) is 5.75 Å². The predicted octanol–water partition coefficient (Wildman–Crippen LogP) is 5.45. The van der Waals surface area contributed by atoms with E-state index in [1.165, 1.54) is 0 Å². The normalized spacial score (nSPS) is 11.1. The Kier molecular flexibility index (Phi) is 8.85. The smallest absolute Gasteiger partial charge is 0.194 e. The van der Waals surface area contributed by atoms with Gasteiger partial charge in [0.15, 0.2) is 5.78 Å². The summed E-state index contributed by atoms with van der Waals surface area (Å²) in [7, 11) is 2.04. The first kappa shape index (κ1) is 21.5. The fourth-order valence-electron chi connectivity index (χ4n) is 2.47. The van der Waals surface area contributed by atoms with Crippen molar-refractivity contribution in [2.75, 3.05) is 33.0 Å². The largest absolute Gasteiger partial charge is 0.490 e. The lowest BCUT2D eigenvalue weighted by atomic mass is 10.0. The maximum Gasteiger partial charge on any atom is 0.194 e. The molecule has 0 fully saturated rings. The fraction of sp³-hybridized carbons (Fsp3) is 0.227. The van der Waals surface area contributed by atoms with Crippen LogP contribution in [0.3, 0.4) is 0 Å². The van der Waals surface area contributed by atoms with Gasteiger partial charge in [0.05, 0.1) is 0 Å². The van der Waals surface area contributed by atoms with Crippen LogP contribution in [0.2, 0.25) is 0 Å². The van der Waals surface area contributed by atoms with E-state index in [4.69, 9.17) is 4.74 Å². The number of likely N-dealkylation sites (N-methyl/N-ethyl adjacent to an activating group) is 1. The third-order valence-electron chi connectivity index (χ3n) is 3.89. The van der Waals surface area contributed by atoms with Crippen LogP contribution in [-0.2, 0) is 0 Å². The lowest BCUT2D eigenvalue weighted by Crippen LogP contribution is -2.17. The molecule has 2 rings (SSSR count). The van der Waals surface area contributed by atoms with Gasteiger partial charge < -0.3 is 4.74 Å². The number of benzene rings is 2. The highest BCUT2D eigenvalue weighted by molar-refractivity contribution is 9.10. The number of carbonyl (C=O) groups is 1. The van der Waals surface area contributed by atoms with E-state index in [1.54, 1.807) is 11.8 Å². The van der Waals surface area contributed by atoms with Gasteiger partial charge in [0, 0.05) is 33.6 Å². The van der Waals surface area contributed by atoms with Crippen LogP contribution in [0.15, 0.2) is 76.6 Å². The van der Waals surface area contributed by atoms with Gasteiger partial charge in [-0.2, -0.15) is 0 Å². The van der Waals surface area contributed by atoms with Gasteiger partial charge in [-0.15, -0.1) is 18.3 Å². The molecular formula is C22H24BrNO2S. The van der Waals surface area contributed by atoms with Gasteiger partial charge in [0.2, 0.25) is 0 Å². The average molecular weight is 446 g/mol. The third-order valence-corrected chi connectivity index (χ3v) is 5.20. The highest BCUT2D eigenvalue weighted by atomic mass is 79.9. The molecule has 2 aromatic rings. The molecule has 0 aliphatic rings. The Labute approximate surface area is 174 Å². The number of ether oxygens (including phenoxy) is 1. The summed E-state index contributed by atoms with van der Waals surface area (Å²) >= 11 is 4.94. The first-order valence-corrected chi connectivity index (χ1v) is 10.6. The van der Waals surface area contributed by atoms with Gasteiger partial charge in [-0.3, -0.25) is 9.69 Å². The third kappa shape index (κ3) is 6.69. The molecule has 0 unspecified atom stereocenters. The molecule has 2 aromatic carbocycles. The Bertz CT molecular complexity index is 802. The number of thioether (sulfide) groups is 1. The maximum absolute atomic E-state index is 12.8. The monoisotopic (exact) mass is 445 g/mol. The molecule has 0 amide bonds. The number of nitrogens with zero attached hydrogens (tertiary/aromatic N) is 1. The Morgan fingerprint density at radius 3 is 2.59 bits per heavy atom. The van der Waals surface area contributed by atoms with Crippen molar-refractivity contribution in [2.24, 2.45) is 0 Å². The summed E-state index contributed by atoms with van der Waals surface area (Å²) in [6.45, 7) is 5.93. The summed E-state index contributed by atoms with van der Waals surface area (Å²) in [5.74, 6) is 0.777. The van der Waals surface area contributed by atoms with Crippen molar-refractivity contribution in [3.05, 3.63) is 82.9 Å². The van der Waals surface area contributed by atoms with Gasteiger partial charge in [-0.1, -0.05) is 34.2 Å². The zero-order valence-electron chi connectivity index (χ0n) is 15.7.